The maximum atomic E-state index is 3.42. The molecule has 1 aromatic rings. The first-order valence-corrected chi connectivity index (χ1v) is 5.91. The van der Waals surface area contributed by atoms with Crippen LogP contribution in [-0.2, 0) is 44.7 Å². The number of hydrogen-bond donors (Lipinski definition) is 0. The average Bonchev–Trinajstić information content (AvgIpc) is 2.99. The Bertz CT molecular complexity index is 382. The van der Waals surface area contributed by atoms with Crippen molar-refractivity contribution in [3.63, 3.8) is 0 Å². The molecule has 1 fully saturated rings. The molecule has 1 aliphatic heterocycles. The fourth-order valence-corrected chi connectivity index (χ4v) is 2.79. The van der Waals surface area contributed by atoms with Gasteiger partial charge in [0.1, 0.15) is 0 Å². The van der Waals surface area contributed by atoms with Gasteiger partial charge in [-0.05, 0) is 24.8 Å². The standard InChI is InChI=1S/C14H18N.Y/c1-14(2)10-15(12-7-8-12)9-11-5-3-4-6-13(11)14;/h3-4,6,12H,7-10H2,1-2H3;/q-1;. The number of benzene rings is 1. The van der Waals surface area contributed by atoms with Gasteiger partial charge in [0.15, 0.2) is 0 Å². The SMILES string of the molecule is CC1(C)CN(C2CC2)Cc2[c-]cccc21.[Y]. The van der Waals surface area contributed by atoms with Crippen molar-refractivity contribution in [2.45, 2.75) is 44.7 Å². The molecule has 16 heavy (non-hydrogen) atoms. The number of fused-ring (bicyclic) bond motifs is 1. The van der Waals surface area contributed by atoms with Crippen molar-refractivity contribution in [1.29, 1.82) is 0 Å². The predicted molar refractivity (Wildman–Crippen MR) is 61.7 cm³/mol. The monoisotopic (exact) mass is 289 g/mol. The molecule has 0 bridgehead atoms. The molecule has 1 aliphatic carbocycles. The molecule has 0 amide bonds. The van der Waals surface area contributed by atoms with Gasteiger partial charge in [-0.3, -0.25) is 4.90 Å². The smallest absolute Gasteiger partial charge is 0.00990 e. The Morgan fingerprint density at radius 3 is 2.81 bits per heavy atom. The van der Waals surface area contributed by atoms with Crippen molar-refractivity contribution < 1.29 is 32.7 Å². The Morgan fingerprint density at radius 2 is 2.12 bits per heavy atom. The molecule has 2 aliphatic rings. The van der Waals surface area contributed by atoms with Crippen LogP contribution in [0.15, 0.2) is 18.2 Å². The van der Waals surface area contributed by atoms with Gasteiger partial charge >= 0.3 is 0 Å². The van der Waals surface area contributed by atoms with E-state index in [1.807, 2.05) is 6.07 Å². The van der Waals surface area contributed by atoms with Gasteiger partial charge in [0.2, 0.25) is 0 Å². The van der Waals surface area contributed by atoms with Crippen LogP contribution >= 0.6 is 0 Å². The molecular formula is C14H18NY-. The topological polar surface area (TPSA) is 3.24 Å². The van der Waals surface area contributed by atoms with E-state index in [1.165, 1.54) is 30.5 Å². The molecule has 1 aromatic carbocycles. The van der Waals surface area contributed by atoms with Crippen molar-refractivity contribution in [2.75, 3.05) is 6.54 Å². The van der Waals surface area contributed by atoms with Crippen molar-refractivity contribution in [3.05, 3.63) is 35.4 Å². The Balaban J connectivity index is 0.000000963. The molecule has 3 rings (SSSR count). The van der Waals surface area contributed by atoms with E-state index in [9.17, 15) is 0 Å². The second-order valence-electron chi connectivity index (χ2n) is 5.58. The first kappa shape index (κ1) is 12.7. The van der Waals surface area contributed by atoms with Crippen LogP contribution in [0.25, 0.3) is 0 Å². The molecule has 0 atom stereocenters. The van der Waals surface area contributed by atoms with Gasteiger partial charge in [-0.15, -0.1) is 11.1 Å². The summed E-state index contributed by atoms with van der Waals surface area (Å²) in [6.45, 7) is 7.04. The summed E-state index contributed by atoms with van der Waals surface area (Å²) in [6.07, 6.45) is 2.80. The van der Waals surface area contributed by atoms with E-state index in [1.54, 1.807) is 0 Å². The largest absolute Gasteiger partial charge is 0.298 e. The second-order valence-corrected chi connectivity index (χ2v) is 5.58. The summed E-state index contributed by atoms with van der Waals surface area (Å²) in [4.78, 5) is 2.64. The van der Waals surface area contributed by atoms with Crippen LogP contribution in [0.5, 0.6) is 0 Å². The molecule has 0 unspecified atom stereocenters. The number of nitrogens with zero attached hydrogens (tertiary/aromatic N) is 1. The van der Waals surface area contributed by atoms with E-state index >= 15 is 0 Å². The van der Waals surface area contributed by atoms with Crippen LogP contribution in [0.2, 0.25) is 0 Å². The average molecular weight is 289 g/mol. The summed E-state index contributed by atoms with van der Waals surface area (Å²) in [6, 6.07) is 10.7. The zero-order valence-electron chi connectivity index (χ0n) is 10.2. The first-order chi connectivity index (χ1) is 7.17. The van der Waals surface area contributed by atoms with Gasteiger partial charge in [0.25, 0.3) is 0 Å². The number of rotatable bonds is 1. The maximum Gasteiger partial charge on any atom is 0.00990 e. The summed E-state index contributed by atoms with van der Waals surface area (Å²) in [5.74, 6) is 0. The van der Waals surface area contributed by atoms with E-state index in [0.717, 1.165) is 12.6 Å². The van der Waals surface area contributed by atoms with Crippen molar-refractivity contribution in [3.8, 4) is 0 Å². The zero-order valence-corrected chi connectivity index (χ0v) is 13.0. The molecule has 1 saturated carbocycles. The van der Waals surface area contributed by atoms with Crippen LogP contribution in [0.3, 0.4) is 0 Å². The summed E-state index contributed by atoms with van der Waals surface area (Å²) < 4.78 is 0. The molecule has 0 spiro atoms. The quantitative estimate of drug-likeness (QED) is 0.719. The molecule has 0 saturated heterocycles. The fraction of sp³-hybridized carbons (Fsp3) is 0.571. The van der Waals surface area contributed by atoms with Gasteiger partial charge in [0.05, 0.1) is 0 Å². The summed E-state index contributed by atoms with van der Waals surface area (Å²) in [5.41, 5.74) is 3.22. The Morgan fingerprint density at radius 1 is 1.38 bits per heavy atom. The van der Waals surface area contributed by atoms with E-state index in [2.05, 4.69) is 36.9 Å². The van der Waals surface area contributed by atoms with Gasteiger partial charge in [-0.2, -0.15) is 24.3 Å². The maximum absolute atomic E-state index is 3.42. The molecule has 1 radical (unpaired) electrons. The molecule has 2 heteroatoms. The number of hydrogen-bond acceptors (Lipinski definition) is 1. The summed E-state index contributed by atoms with van der Waals surface area (Å²) in [7, 11) is 0. The Kier molecular flexibility index (Phi) is 3.59. The summed E-state index contributed by atoms with van der Waals surface area (Å²) >= 11 is 0. The van der Waals surface area contributed by atoms with E-state index in [-0.39, 0.29) is 32.7 Å². The Hall–Kier alpha value is 0.284. The van der Waals surface area contributed by atoms with Crippen molar-refractivity contribution in [1.82, 2.24) is 4.90 Å². The zero-order chi connectivity index (χ0) is 10.5. The molecular weight excluding hydrogens is 271 g/mol. The fourth-order valence-electron chi connectivity index (χ4n) is 2.79. The van der Waals surface area contributed by atoms with Crippen LogP contribution in [0.4, 0.5) is 0 Å². The van der Waals surface area contributed by atoms with E-state index in [4.69, 9.17) is 0 Å². The van der Waals surface area contributed by atoms with Crippen molar-refractivity contribution >= 4 is 0 Å². The molecule has 83 valence electrons. The van der Waals surface area contributed by atoms with Crippen LogP contribution in [-0.4, -0.2) is 17.5 Å². The minimum absolute atomic E-state index is 0. The van der Waals surface area contributed by atoms with Gasteiger partial charge in [-0.25, -0.2) is 0 Å². The molecule has 0 N–H and O–H groups in total. The third-order valence-corrected chi connectivity index (χ3v) is 3.69. The Labute approximate surface area is 123 Å². The first-order valence-electron chi connectivity index (χ1n) is 5.91. The van der Waals surface area contributed by atoms with E-state index < -0.39 is 0 Å². The van der Waals surface area contributed by atoms with Gasteiger partial charge in [0, 0.05) is 45.3 Å². The minimum atomic E-state index is 0. The third-order valence-electron chi connectivity index (χ3n) is 3.69. The molecule has 1 heterocycles. The molecule has 1 nitrogen and oxygen atoms in total. The van der Waals surface area contributed by atoms with Crippen molar-refractivity contribution in [2.24, 2.45) is 0 Å². The third kappa shape index (κ3) is 2.28. The van der Waals surface area contributed by atoms with Gasteiger partial charge in [-0.1, -0.05) is 13.8 Å². The van der Waals surface area contributed by atoms with Gasteiger partial charge < -0.3 is 0 Å². The van der Waals surface area contributed by atoms with Crippen LogP contribution < -0.4 is 0 Å². The minimum Gasteiger partial charge on any atom is -0.298 e. The van der Waals surface area contributed by atoms with Crippen LogP contribution in [0, 0.1) is 6.07 Å². The summed E-state index contributed by atoms with van der Waals surface area (Å²) in [5, 5.41) is 0. The normalized spacial score (nSPS) is 23.4. The van der Waals surface area contributed by atoms with Crippen LogP contribution in [0.1, 0.15) is 37.8 Å². The molecule has 0 aromatic heterocycles. The second kappa shape index (κ2) is 4.51. The predicted octanol–water partition coefficient (Wildman–Crippen LogP) is 2.74. The van der Waals surface area contributed by atoms with E-state index in [0.29, 0.717) is 5.41 Å².